The first kappa shape index (κ1) is 53.2. The first-order chi connectivity index (χ1) is 27.6. The van der Waals surface area contributed by atoms with E-state index in [9.17, 15) is 19.5 Å². The normalized spacial score (nSPS) is 13.9. The number of quaternary nitrogens is 1. The number of aliphatic carboxylic acids is 1. The molecule has 2 unspecified atom stereocenters. The number of unbranched alkanes of at least 4 members (excludes halogenated alkanes) is 7. The second kappa shape index (κ2) is 39.1. The van der Waals surface area contributed by atoms with Crippen LogP contribution >= 0.6 is 0 Å². The third kappa shape index (κ3) is 37.6. The quantitative estimate of drug-likeness (QED) is 0.0267. The Morgan fingerprint density at radius 2 is 1.00 bits per heavy atom. The average Bonchev–Trinajstić information content (AvgIpc) is 3.17. The Morgan fingerprint density at radius 1 is 0.544 bits per heavy atom. The molecule has 8 nitrogen and oxygen atoms in total. The van der Waals surface area contributed by atoms with E-state index in [4.69, 9.17) is 14.2 Å². The molecule has 0 amide bonds. The fourth-order valence-corrected chi connectivity index (χ4v) is 5.58. The number of carboxylic acids is 1. The Bertz CT molecular complexity index is 1250. The third-order valence-corrected chi connectivity index (χ3v) is 8.95. The Hall–Kier alpha value is -3.75. The molecular formula is C49H79NO7. The minimum absolute atomic E-state index is 0.00395. The van der Waals surface area contributed by atoms with E-state index in [0.29, 0.717) is 12.8 Å². The van der Waals surface area contributed by atoms with E-state index in [1.54, 1.807) is 21.1 Å². The summed E-state index contributed by atoms with van der Waals surface area (Å²) in [4.78, 5) is 36.8. The van der Waals surface area contributed by atoms with Crippen LogP contribution in [-0.2, 0) is 28.6 Å². The van der Waals surface area contributed by atoms with Crippen LogP contribution in [0, 0.1) is 0 Å². The van der Waals surface area contributed by atoms with Crippen LogP contribution in [0.25, 0.3) is 0 Å². The fraction of sp³-hybridized carbons (Fsp3) is 0.612. The summed E-state index contributed by atoms with van der Waals surface area (Å²) in [5, 5.41) is 11.6. The molecule has 0 aliphatic rings. The third-order valence-electron chi connectivity index (χ3n) is 8.95. The van der Waals surface area contributed by atoms with Gasteiger partial charge in [-0.15, -0.1) is 0 Å². The molecule has 0 saturated carbocycles. The number of hydrogen-bond acceptors (Lipinski definition) is 7. The van der Waals surface area contributed by atoms with E-state index < -0.39 is 18.1 Å². The van der Waals surface area contributed by atoms with Gasteiger partial charge in [0.15, 0.2) is 6.10 Å². The van der Waals surface area contributed by atoms with Gasteiger partial charge in [-0.05, 0) is 89.9 Å². The number of carbonyl (C=O) groups is 3. The highest BCUT2D eigenvalue weighted by molar-refractivity contribution is 5.70. The zero-order valence-corrected chi connectivity index (χ0v) is 36.5. The van der Waals surface area contributed by atoms with E-state index >= 15 is 0 Å². The van der Waals surface area contributed by atoms with Gasteiger partial charge in [0.25, 0.3) is 0 Å². The zero-order chi connectivity index (χ0) is 42.1. The van der Waals surface area contributed by atoms with Gasteiger partial charge in [0.2, 0.25) is 0 Å². The summed E-state index contributed by atoms with van der Waals surface area (Å²) in [6.45, 7) is 4.40. The van der Waals surface area contributed by atoms with Gasteiger partial charge < -0.3 is 28.6 Å². The lowest BCUT2D eigenvalue weighted by atomic mass is 10.1. The van der Waals surface area contributed by atoms with Crippen molar-refractivity contribution in [1.82, 2.24) is 0 Å². The Labute approximate surface area is 347 Å². The number of carboxylic acid groups (broad SMARTS) is 1. The lowest BCUT2D eigenvalue weighted by molar-refractivity contribution is -0.889. The summed E-state index contributed by atoms with van der Waals surface area (Å²) in [6.07, 6.45) is 51.5. The number of esters is 2. The number of ether oxygens (including phenoxy) is 3. The van der Waals surface area contributed by atoms with Crippen LogP contribution in [-0.4, -0.2) is 75.5 Å². The summed E-state index contributed by atoms with van der Waals surface area (Å²) >= 11 is 0. The maximum Gasteiger partial charge on any atom is 0.306 e. The molecule has 0 N–H and O–H groups in total. The van der Waals surface area contributed by atoms with Crippen LogP contribution in [0.15, 0.2) is 97.2 Å². The van der Waals surface area contributed by atoms with Crippen LogP contribution < -0.4 is 5.11 Å². The van der Waals surface area contributed by atoms with Crippen molar-refractivity contribution < 1.29 is 38.2 Å². The van der Waals surface area contributed by atoms with Crippen molar-refractivity contribution in [2.75, 3.05) is 41.0 Å². The van der Waals surface area contributed by atoms with E-state index in [1.807, 2.05) is 0 Å². The van der Waals surface area contributed by atoms with Gasteiger partial charge in [-0.25, -0.2) is 0 Å². The van der Waals surface area contributed by atoms with Gasteiger partial charge in [0.1, 0.15) is 12.6 Å². The molecule has 0 rings (SSSR count). The van der Waals surface area contributed by atoms with Crippen molar-refractivity contribution >= 4 is 17.9 Å². The molecule has 0 heterocycles. The first-order valence-electron chi connectivity index (χ1n) is 21.8. The molecule has 0 aromatic carbocycles. The van der Waals surface area contributed by atoms with Crippen molar-refractivity contribution in [3.05, 3.63) is 97.2 Å². The average molecular weight is 794 g/mol. The molecule has 2 atom stereocenters. The van der Waals surface area contributed by atoms with Crippen molar-refractivity contribution in [2.24, 2.45) is 0 Å². The van der Waals surface area contributed by atoms with Crippen LogP contribution in [0.4, 0.5) is 0 Å². The van der Waals surface area contributed by atoms with Gasteiger partial charge in [0.05, 0.1) is 40.3 Å². The maximum absolute atomic E-state index is 12.7. The molecule has 0 spiro atoms. The first-order valence-corrected chi connectivity index (χ1v) is 21.8. The van der Waals surface area contributed by atoms with Crippen LogP contribution in [0.3, 0.4) is 0 Å². The summed E-state index contributed by atoms with van der Waals surface area (Å²) < 4.78 is 17.1. The molecule has 0 aromatic heterocycles. The van der Waals surface area contributed by atoms with E-state index in [1.165, 1.54) is 25.7 Å². The molecule has 0 radical (unpaired) electrons. The van der Waals surface area contributed by atoms with Gasteiger partial charge in [0, 0.05) is 19.3 Å². The number of rotatable bonds is 37. The Balaban J connectivity index is 4.53. The van der Waals surface area contributed by atoms with Crippen LogP contribution in [0.2, 0.25) is 0 Å². The molecule has 0 saturated heterocycles. The number of likely N-dealkylation sites (N-methyl/N-ethyl adjacent to an activating group) is 1. The van der Waals surface area contributed by atoms with Gasteiger partial charge >= 0.3 is 11.9 Å². The Morgan fingerprint density at radius 3 is 1.47 bits per heavy atom. The highest BCUT2D eigenvalue weighted by atomic mass is 16.6. The smallest absolute Gasteiger partial charge is 0.306 e. The SMILES string of the molecule is CC/C=C/C/C=C/C/C=C/C/C=C/CCCCCC(=O)OC(COCCC(C(=O)[O-])[N+](C)(C)C)COC(=O)CCC/C=C/C/C=C/C/C=C/C/C=C/CCCCC. The number of allylic oxidation sites excluding steroid dienone is 16. The standard InChI is InChI=1S/C49H79NO7/c1-6-8-10-12-14-16-18-20-22-24-26-27-29-31-33-35-37-39-47(51)56-44-45(43-55-42-41-46(49(53)54)50(3,4)5)57-48(52)40-38-36-34-32-30-28-25-23-21-19-17-15-13-11-9-7-2/h9,11,14-17,20-23,26-28,30-31,33,45-46H,6-8,10,12-13,18-19,24-25,29,32,34-44H2,1-5H3/b11-9+,16-14+,17-15+,22-20+,23-21+,27-26+,30-28+,33-31+. The lowest BCUT2D eigenvalue weighted by Crippen LogP contribution is -2.55. The molecular weight excluding hydrogens is 715 g/mol. The van der Waals surface area contributed by atoms with Crippen molar-refractivity contribution in [3.8, 4) is 0 Å². The lowest BCUT2D eigenvalue weighted by Gasteiger charge is -2.34. The van der Waals surface area contributed by atoms with Crippen molar-refractivity contribution in [2.45, 2.75) is 154 Å². The molecule has 0 fully saturated rings. The maximum atomic E-state index is 12.7. The Kier molecular flexibility index (Phi) is 36.5. The molecule has 0 aliphatic carbocycles. The highest BCUT2D eigenvalue weighted by Gasteiger charge is 2.25. The molecule has 322 valence electrons. The van der Waals surface area contributed by atoms with Gasteiger partial charge in [-0.3, -0.25) is 9.59 Å². The molecule has 8 heteroatoms. The monoisotopic (exact) mass is 794 g/mol. The second-order valence-electron chi connectivity index (χ2n) is 15.2. The summed E-state index contributed by atoms with van der Waals surface area (Å²) in [7, 11) is 5.36. The van der Waals surface area contributed by atoms with E-state index in [0.717, 1.165) is 70.6 Å². The van der Waals surface area contributed by atoms with E-state index in [-0.39, 0.29) is 55.5 Å². The second-order valence-corrected chi connectivity index (χ2v) is 15.2. The van der Waals surface area contributed by atoms with E-state index in [2.05, 4.69) is 111 Å². The molecule has 57 heavy (non-hydrogen) atoms. The topological polar surface area (TPSA) is 102 Å². The fourth-order valence-electron chi connectivity index (χ4n) is 5.58. The predicted molar refractivity (Wildman–Crippen MR) is 235 cm³/mol. The van der Waals surface area contributed by atoms with Crippen LogP contribution in [0.1, 0.15) is 142 Å². The largest absolute Gasteiger partial charge is 0.544 e. The number of carbonyl (C=O) groups excluding carboxylic acids is 3. The van der Waals surface area contributed by atoms with Gasteiger partial charge in [-0.1, -0.05) is 130 Å². The minimum Gasteiger partial charge on any atom is -0.544 e. The summed E-state index contributed by atoms with van der Waals surface area (Å²) in [6, 6.07) is -0.745. The molecule has 0 aromatic rings. The summed E-state index contributed by atoms with van der Waals surface area (Å²) in [5.41, 5.74) is 0. The van der Waals surface area contributed by atoms with Crippen LogP contribution in [0.5, 0.6) is 0 Å². The van der Waals surface area contributed by atoms with Crippen molar-refractivity contribution in [3.63, 3.8) is 0 Å². The van der Waals surface area contributed by atoms with Gasteiger partial charge in [-0.2, -0.15) is 0 Å². The minimum atomic E-state index is -1.14. The number of hydrogen-bond donors (Lipinski definition) is 0. The number of nitrogens with zero attached hydrogens (tertiary/aromatic N) is 1. The summed E-state index contributed by atoms with van der Waals surface area (Å²) in [5.74, 6) is -1.86. The highest BCUT2D eigenvalue weighted by Crippen LogP contribution is 2.11. The predicted octanol–water partition coefficient (Wildman–Crippen LogP) is 10.6. The van der Waals surface area contributed by atoms with Crippen molar-refractivity contribution in [1.29, 1.82) is 0 Å². The zero-order valence-electron chi connectivity index (χ0n) is 36.5. The molecule has 0 bridgehead atoms. The molecule has 0 aliphatic heterocycles.